The number of furan rings is 2. The molecule has 3 aromatic rings. The molecule has 0 aliphatic carbocycles. The van der Waals surface area contributed by atoms with Gasteiger partial charge in [-0.15, -0.1) is 0 Å². The van der Waals surface area contributed by atoms with Crippen LogP contribution in [0.5, 0.6) is 5.75 Å². The molecule has 110 valence electrons. The first kappa shape index (κ1) is 13.9. The fourth-order valence-corrected chi connectivity index (χ4v) is 2.09. The molecule has 0 atom stereocenters. The molecule has 0 N–H and O–H groups in total. The van der Waals surface area contributed by atoms with E-state index in [0.29, 0.717) is 17.3 Å². The van der Waals surface area contributed by atoms with E-state index in [0.717, 1.165) is 11.3 Å². The van der Waals surface area contributed by atoms with E-state index in [1.54, 1.807) is 31.4 Å². The number of allylic oxidation sites excluding steroid dienone is 1. The van der Waals surface area contributed by atoms with Gasteiger partial charge in [0.05, 0.1) is 18.9 Å². The Morgan fingerprint density at radius 2 is 1.95 bits per heavy atom. The highest BCUT2D eigenvalue weighted by Crippen LogP contribution is 2.31. The Kier molecular flexibility index (Phi) is 3.92. The zero-order valence-corrected chi connectivity index (χ0v) is 12.0. The van der Waals surface area contributed by atoms with E-state index >= 15 is 0 Å². The van der Waals surface area contributed by atoms with Crippen molar-refractivity contribution in [3.8, 4) is 17.1 Å². The van der Waals surface area contributed by atoms with Crippen molar-refractivity contribution in [3.05, 3.63) is 72.4 Å². The van der Waals surface area contributed by atoms with E-state index in [-0.39, 0.29) is 5.78 Å². The Balaban J connectivity index is 1.81. The summed E-state index contributed by atoms with van der Waals surface area (Å²) in [5.74, 6) is 2.09. The average molecular weight is 294 g/mol. The van der Waals surface area contributed by atoms with Crippen LogP contribution in [-0.2, 0) is 0 Å². The molecule has 0 unspecified atom stereocenters. The van der Waals surface area contributed by atoms with Crippen LogP contribution in [0, 0.1) is 0 Å². The largest absolute Gasteiger partial charge is 0.496 e. The number of methoxy groups -OCH3 is 1. The molecule has 0 saturated heterocycles. The van der Waals surface area contributed by atoms with Crippen molar-refractivity contribution in [1.82, 2.24) is 0 Å². The van der Waals surface area contributed by atoms with Gasteiger partial charge in [-0.05, 0) is 48.6 Å². The van der Waals surface area contributed by atoms with Crippen molar-refractivity contribution in [2.45, 2.75) is 0 Å². The van der Waals surface area contributed by atoms with Crippen molar-refractivity contribution in [1.29, 1.82) is 0 Å². The number of benzene rings is 1. The Hall–Kier alpha value is -3.01. The first-order valence-electron chi connectivity index (χ1n) is 6.77. The van der Waals surface area contributed by atoms with Gasteiger partial charge in [-0.2, -0.15) is 0 Å². The molecule has 0 fully saturated rings. The lowest BCUT2D eigenvalue weighted by Crippen LogP contribution is -1.89. The third-order valence-electron chi connectivity index (χ3n) is 3.16. The molecule has 2 aromatic heterocycles. The molecule has 4 nitrogen and oxygen atoms in total. The molecule has 0 aliphatic heterocycles. The van der Waals surface area contributed by atoms with Gasteiger partial charge in [0.25, 0.3) is 0 Å². The molecule has 3 rings (SSSR count). The third-order valence-corrected chi connectivity index (χ3v) is 3.16. The van der Waals surface area contributed by atoms with Crippen molar-refractivity contribution < 1.29 is 18.4 Å². The molecule has 2 heterocycles. The van der Waals surface area contributed by atoms with Crippen LogP contribution in [0.3, 0.4) is 0 Å². The topological polar surface area (TPSA) is 52.6 Å². The molecular weight excluding hydrogens is 280 g/mol. The molecule has 0 saturated carbocycles. The second-order valence-corrected chi connectivity index (χ2v) is 4.58. The van der Waals surface area contributed by atoms with Crippen LogP contribution in [0.15, 0.2) is 69.7 Å². The summed E-state index contributed by atoms with van der Waals surface area (Å²) in [7, 11) is 1.62. The SMILES string of the molecule is COc1ccccc1-c1ccc(C=CC(=O)c2ccco2)o1. The summed E-state index contributed by atoms with van der Waals surface area (Å²) in [6.45, 7) is 0. The van der Waals surface area contributed by atoms with Gasteiger partial charge in [-0.3, -0.25) is 4.79 Å². The summed E-state index contributed by atoms with van der Waals surface area (Å²) in [4.78, 5) is 11.8. The minimum atomic E-state index is -0.208. The fraction of sp³-hybridized carbons (Fsp3) is 0.0556. The molecule has 0 spiro atoms. The zero-order valence-electron chi connectivity index (χ0n) is 12.0. The maximum atomic E-state index is 11.8. The first-order chi connectivity index (χ1) is 10.8. The van der Waals surface area contributed by atoms with Crippen LogP contribution in [-0.4, -0.2) is 12.9 Å². The Bertz CT molecular complexity index is 794. The van der Waals surface area contributed by atoms with Crippen LogP contribution in [0.1, 0.15) is 16.3 Å². The van der Waals surface area contributed by atoms with Crippen molar-refractivity contribution >= 4 is 11.9 Å². The molecule has 0 amide bonds. The number of ether oxygens (including phenoxy) is 1. The predicted octanol–water partition coefficient (Wildman–Crippen LogP) is 4.44. The van der Waals surface area contributed by atoms with Gasteiger partial charge in [0.15, 0.2) is 5.76 Å². The van der Waals surface area contributed by atoms with Crippen LogP contribution >= 0.6 is 0 Å². The van der Waals surface area contributed by atoms with Gasteiger partial charge in [0, 0.05) is 0 Å². The number of hydrogen-bond acceptors (Lipinski definition) is 4. The molecule has 22 heavy (non-hydrogen) atoms. The highest BCUT2D eigenvalue weighted by Gasteiger charge is 2.09. The maximum Gasteiger partial charge on any atom is 0.221 e. The number of rotatable bonds is 5. The summed E-state index contributed by atoms with van der Waals surface area (Å²) in [6, 6.07) is 14.5. The normalized spacial score (nSPS) is 11.0. The van der Waals surface area contributed by atoms with Gasteiger partial charge in [-0.1, -0.05) is 12.1 Å². The second-order valence-electron chi connectivity index (χ2n) is 4.58. The standard InChI is InChI=1S/C18H14O4/c1-20-16-6-3-2-5-14(16)17-11-9-13(22-17)8-10-15(19)18-7-4-12-21-18/h2-12H,1H3. The number of carbonyl (C=O) groups is 1. The van der Waals surface area contributed by atoms with E-state index in [9.17, 15) is 4.79 Å². The van der Waals surface area contributed by atoms with E-state index in [1.807, 2.05) is 30.3 Å². The second kappa shape index (κ2) is 6.18. The smallest absolute Gasteiger partial charge is 0.221 e. The lowest BCUT2D eigenvalue weighted by molar-refractivity contribution is 0.102. The van der Waals surface area contributed by atoms with Gasteiger partial charge in [-0.25, -0.2) is 0 Å². The fourth-order valence-electron chi connectivity index (χ4n) is 2.09. The molecule has 0 bridgehead atoms. The van der Waals surface area contributed by atoms with Crippen molar-refractivity contribution in [3.63, 3.8) is 0 Å². The quantitative estimate of drug-likeness (QED) is 0.515. The first-order valence-corrected chi connectivity index (χ1v) is 6.77. The van der Waals surface area contributed by atoms with Crippen molar-refractivity contribution in [2.24, 2.45) is 0 Å². The zero-order chi connectivity index (χ0) is 15.4. The number of hydrogen-bond donors (Lipinski definition) is 0. The molecule has 1 aromatic carbocycles. The number of ketones is 1. The van der Waals surface area contributed by atoms with Crippen LogP contribution in [0.25, 0.3) is 17.4 Å². The minimum Gasteiger partial charge on any atom is -0.496 e. The van der Waals surface area contributed by atoms with Gasteiger partial charge < -0.3 is 13.6 Å². The third kappa shape index (κ3) is 2.86. The number of carbonyl (C=O) groups excluding carboxylic acids is 1. The average Bonchev–Trinajstić information content (AvgIpc) is 3.24. The van der Waals surface area contributed by atoms with Crippen LogP contribution in [0.4, 0.5) is 0 Å². The minimum absolute atomic E-state index is 0.208. The Labute approximate surface area is 127 Å². The van der Waals surface area contributed by atoms with E-state index in [1.165, 1.54) is 12.3 Å². The Morgan fingerprint density at radius 1 is 1.09 bits per heavy atom. The molecule has 0 radical (unpaired) electrons. The van der Waals surface area contributed by atoms with Gasteiger partial charge >= 0.3 is 0 Å². The Morgan fingerprint density at radius 3 is 2.73 bits per heavy atom. The summed E-state index contributed by atoms with van der Waals surface area (Å²) in [5, 5.41) is 0. The van der Waals surface area contributed by atoms with Gasteiger partial charge in [0.2, 0.25) is 5.78 Å². The predicted molar refractivity (Wildman–Crippen MR) is 82.8 cm³/mol. The molecule has 0 aliphatic rings. The molecule has 4 heteroatoms. The van der Waals surface area contributed by atoms with Crippen LogP contribution < -0.4 is 4.74 Å². The lowest BCUT2D eigenvalue weighted by Gasteiger charge is -2.04. The van der Waals surface area contributed by atoms with Crippen molar-refractivity contribution in [2.75, 3.05) is 7.11 Å². The highest BCUT2D eigenvalue weighted by atomic mass is 16.5. The van der Waals surface area contributed by atoms with Crippen LogP contribution in [0.2, 0.25) is 0 Å². The monoisotopic (exact) mass is 294 g/mol. The number of para-hydroxylation sites is 1. The highest BCUT2D eigenvalue weighted by molar-refractivity contribution is 6.04. The summed E-state index contributed by atoms with van der Waals surface area (Å²) in [6.07, 6.45) is 4.50. The summed E-state index contributed by atoms with van der Waals surface area (Å²) in [5.41, 5.74) is 0.863. The van der Waals surface area contributed by atoms with E-state index < -0.39 is 0 Å². The maximum absolute atomic E-state index is 11.8. The van der Waals surface area contributed by atoms with E-state index in [4.69, 9.17) is 13.6 Å². The summed E-state index contributed by atoms with van der Waals surface area (Å²) >= 11 is 0. The van der Waals surface area contributed by atoms with Gasteiger partial charge in [0.1, 0.15) is 17.3 Å². The molecular formula is C18H14O4. The van der Waals surface area contributed by atoms with E-state index in [2.05, 4.69) is 0 Å². The lowest BCUT2D eigenvalue weighted by atomic mass is 10.1. The summed E-state index contributed by atoms with van der Waals surface area (Å²) < 4.78 is 16.1.